The lowest BCUT2D eigenvalue weighted by Crippen LogP contribution is -2.58. The molecule has 0 N–H and O–H groups in total. The van der Waals surface area contributed by atoms with Crippen molar-refractivity contribution in [1.82, 2.24) is 0 Å². The van der Waals surface area contributed by atoms with E-state index in [4.69, 9.17) is 9.47 Å². The Hall–Kier alpha value is -0.900. The van der Waals surface area contributed by atoms with E-state index >= 15 is 0 Å². The van der Waals surface area contributed by atoms with Crippen molar-refractivity contribution < 1.29 is 19.1 Å². The topological polar surface area (TPSA) is 55.9 Å². The molecule has 0 aromatic rings. The van der Waals surface area contributed by atoms with Gasteiger partial charge in [-0.05, 0) is 56.3 Å². The van der Waals surface area contributed by atoms with Crippen LogP contribution in [0.1, 0.15) is 72.1 Å². The molecule has 0 radical (unpaired) electrons. The summed E-state index contributed by atoms with van der Waals surface area (Å²) in [5.41, 5.74) is 0.0500. The van der Waals surface area contributed by atoms with Crippen LogP contribution in [0, 0.1) is 28.6 Å². The van der Waals surface area contributed by atoms with Gasteiger partial charge in [-0.25, -0.2) is 0 Å². The van der Waals surface area contributed by atoms with Crippen LogP contribution in [0.3, 0.4) is 0 Å². The van der Waals surface area contributed by atoms with E-state index in [-0.39, 0.29) is 28.5 Å². The van der Waals surface area contributed by atoms with Crippen LogP contribution >= 0.6 is 0 Å². The molecule has 0 bridgehead atoms. The first-order chi connectivity index (χ1) is 11.8. The predicted molar refractivity (Wildman–Crippen MR) is 91.8 cm³/mol. The fourth-order valence-electron chi connectivity index (χ4n) is 7.75. The second-order valence-electron chi connectivity index (χ2n) is 9.92. The lowest BCUT2D eigenvalue weighted by Gasteiger charge is -2.58. The Bertz CT molecular complexity index is 644. The van der Waals surface area contributed by atoms with Crippen LogP contribution < -0.4 is 0 Å². The number of ketones is 1. The number of esters is 1. The summed E-state index contributed by atoms with van der Waals surface area (Å²) in [4.78, 5) is 23.9. The first-order valence-electron chi connectivity index (χ1n) is 10.2. The first kappa shape index (κ1) is 16.3. The number of Topliss-reactive ketones (excluding diaryl/α,β-unsaturated/α-hetero) is 1. The van der Waals surface area contributed by atoms with Crippen LogP contribution in [-0.4, -0.2) is 29.6 Å². The Balaban J connectivity index is 1.44. The summed E-state index contributed by atoms with van der Waals surface area (Å²) < 4.78 is 12.0. The van der Waals surface area contributed by atoms with Gasteiger partial charge in [-0.1, -0.05) is 13.8 Å². The molecule has 8 atom stereocenters. The molecule has 4 nitrogen and oxygen atoms in total. The van der Waals surface area contributed by atoms with Crippen molar-refractivity contribution in [3.05, 3.63) is 0 Å². The monoisotopic (exact) mass is 346 g/mol. The smallest absolute Gasteiger partial charge is 0.302 e. The summed E-state index contributed by atoms with van der Waals surface area (Å²) in [6, 6.07) is 0. The first-order valence-corrected chi connectivity index (χ1v) is 10.2. The van der Waals surface area contributed by atoms with E-state index in [0.717, 1.165) is 51.4 Å². The number of rotatable bonds is 1. The van der Waals surface area contributed by atoms with Gasteiger partial charge in [0.1, 0.15) is 17.5 Å². The van der Waals surface area contributed by atoms with Gasteiger partial charge in [0.05, 0.1) is 6.10 Å². The van der Waals surface area contributed by atoms with E-state index in [9.17, 15) is 9.59 Å². The highest BCUT2D eigenvalue weighted by molar-refractivity contribution is 5.87. The highest BCUT2D eigenvalue weighted by atomic mass is 16.6. The lowest BCUT2D eigenvalue weighted by molar-refractivity contribution is -0.157. The van der Waals surface area contributed by atoms with Crippen LogP contribution in [0.5, 0.6) is 0 Å². The summed E-state index contributed by atoms with van der Waals surface area (Å²) in [7, 11) is 0. The van der Waals surface area contributed by atoms with Crippen molar-refractivity contribution in [3.63, 3.8) is 0 Å². The molecule has 0 aromatic heterocycles. The molecule has 0 amide bonds. The average molecular weight is 346 g/mol. The molecule has 1 saturated heterocycles. The number of carbonyl (C=O) groups excluding carboxylic acids is 2. The lowest BCUT2D eigenvalue weighted by atomic mass is 9.45. The van der Waals surface area contributed by atoms with Crippen LogP contribution in [0.15, 0.2) is 0 Å². The minimum atomic E-state index is -0.172. The van der Waals surface area contributed by atoms with Gasteiger partial charge in [-0.2, -0.15) is 0 Å². The van der Waals surface area contributed by atoms with E-state index < -0.39 is 0 Å². The van der Waals surface area contributed by atoms with Crippen molar-refractivity contribution in [2.24, 2.45) is 28.6 Å². The Morgan fingerprint density at radius 3 is 2.72 bits per heavy atom. The van der Waals surface area contributed by atoms with Gasteiger partial charge in [-0.3, -0.25) is 9.59 Å². The van der Waals surface area contributed by atoms with Gasteiger partial charge >= 0.3 is 5.97 Å². The van der Waals surface area contributed by atoms with Crippen molar-refractivity contribution in [1.29, 1.82) is 0 Å². The highest BCUT2D eigenvalue weighted by Crippen LogP contribution is 2.73. The molecule has 1 aliphatic heterocycles. The van der Waals surface area contributed by atoms with Gasteiger partial charge in [0.25, 0.3) is 0 Å². The Kier molecular flexibility index (Phi) is 3.18. The molecule has 4 saturated carbocycles. The van der Waals surface area contributed by atoms with Crippen LogP contribution in [0.4, 0.5) is 0 Å². The minimum Gasteiger partial charge on any atom is -0.462 e. The van der Waals surface area contributed by atoms with Crippen molar-refractivity contribution in [3.8, 4) is 0 Å². The standard InChI is InChI=1S/C21H30O4/c1-12(22)24-13-6-9-20(3)16-7-8-19(2)15(4-5-17(19)23)14(16)10-18-21(20,11-13)25-18/h13-16,18H,4-11H2,1-3H3/t13-,14+,15+,16+,18-,19+,20-,21-/m1/s1. The molecule has 0 aromatic carbocycles. The van der Waals surface area contributed by atoms with Crippen molar-refractivity contribution in [2.45, 2.75) is 89.9 Å². The molecular formula is C21H30O4. The number of carbonyl (C=O) groups is 2. The number of ether oxygens (including phenoxy) is 2. The summed E-state index contributed by atoms with van der Waals surface area (Å²) >= 11 is 0. The summed E-state index contributed by atoms with van der Waals surface area (Å²) in [5, 5.41) is 0. The number of fused-ring (bicyclic) bond motifs is 4. The van der Waals surface area contributed by atoms with E-state index in [1.165, 1.54) is 6.92 Å². The molecule has 25 heavy (non-hydrogen) atoms. The van der Waals surface area contributed by atoms with Crippen LogP contribution in [0.2, 0.25) is 0 Å². The van der Waals surface area contributed by atoms with E-state index in [1.54, 1.807) is 0 Å². The quantitative estimate of drug-likeness (QED) is 0.537. The molecule has 4 aliphatic carbocycles. The average Bonchev–Trinajstić information content (AvgIpc) is 3.15. The Morgan fingerprint density at radius 1 is 1.16 bits per heavy atom. The molecule has 1 spiro atoms. The summed E-state index contributed by atoms with van der Waals surface area (Å²) in [6.07, 6.45) is 8.45. The normalized spacial score (nSPS) is 56.3. The molecule has 5 fully saturated rings. The zero-order valence-electron chi connectivity index (χ0n) is 15.7. The van der Waals surface area contributed by atoms with E-state index in [0.29, 0.717) is 29.6 Å². The highest BCUT2D eigenvalue weighted by Gasteiger charge is 2.76. The molecule has 4 heteroatoms. The zero-order chi connectivity index (χ0) is 17.6. The van der Waals surface area contributed by atoms with Crippen LogP contribution in [-0.2, 0) is 19.1 Å². The van der Waals surface area contributed by atoms with Gasteiger partial charge in [0.15, 0.2) is 0 Å². The van der Waals surface area contributed by atoms with Crippen molar-refractivity contribution >= 4 is 11.8 Å². The minimum absolute atomic E-state index is 0.0223. The third-order valence-electron chi connectivity index (χ3n) is 9.08. The molecule has 5 aliphatic rings. The fourth-order valence-corrected chi connectivity index (χ4v) is 7.75. The summed E-state index contributed by atoms with van der Waals surface area (Å²) in [5.74, 6) is 2.19. The predicted octanol–water partition coefficient (Wildman–Crippen LogP) is 3.66. The second-order valence-corrected chi connectivity index (χ2v) is 9.92. The molecule has 0 unspecified atom stereocenters. The summed E-state index contributed by atoms with van der Waals surface area (Å²) in [6.45, 7) is 6.18. The molecular weight excluding hydrogens is 316 g/mol. The SMILES string of the molecule is CC(=O)O[C@@H]1CC[C@]2(C)[C@H]3CC[C@]4(C)C(=O)CC[C@H]4[C@@H]3C[C@H]3O[C@]32C1. The number of hydrogen-bond donors (Lipinski definition) is 0. The molecule has 1 heterocycles. The van der Waals surface area contributed by atoms with E-state index in [1.807, 2.05) is 0 Å². The number of hydrogen-bond acceptors (Lipinski definition) is 4. The Morgan fingerprint density at radius 2 is 1.96 bits per heavy atom. The third-order valence-corrected chi connectivity index (χ3v) is 9.08. The maximum absolute atomic E-state index is 12.5. The maximum atomic E-state index is 12.5. The van der Waals surface area contributed by atoms with Crippen molar-refractivity contribution in [2.75, 3.05) is 0 Å². The van der Waals surface area contributed by atoms with Crippen LogP contribution in [0.25, 0.3) is 0 Å². The van der Waals surface area contributed by atoms with E-state index in [2.05, 4.69) is 13.8 Å². The second kappa shape index (κ2) is 4.88. The maximum Gasteiger partial charge on any atom is 0.302 e. The molecule has 5 rings (SSSR count). The van der Waals surface area contributed by atoms with Gasteiger partial charge < -0.3 is 9.47 Å². The fraction of sp³-hybridized carbons (Fsp3) is 0.905. The van der Waals surface area contributed by atoms with Gasteiger partial charge in [-0.15, -0.1) is 0 Å². The largest absolute Gasteiger partial charge is 0.462 e. The zero-order valence-corrected chi connectivity index (χ0v) is 15.7. The molecule has 138 valence electrons. The third kappa shape index (κ3) is 1.92. The number of epoxide rings is 1. The van der Waals surface area contributed by atoms with Gasteiger partial charge in [0, 0.05) is 30.6 Å². The van der Waals surface area contributed by atoms with Gasteiger partial charge in [0.2, 0.25) is 0 Å². The Labute approximate surface area is 150 Å².